The molecule has 0 fully saturated rings. The molecular formula is C16H27N3O. The molecule has 4 nitrogen and oxygen atoms in total. The van der Waals surface area contributed by atoms with Crippen molar-refractivity contribution in [3.63, 3.8) is 0 Å². The molecule has 0 heterocycles. The van der Waals surface area contributed by atoms with Gasteiger partial charge in [-0.2, -0.15) is 0 Å². The summed E-state index contributed by atoms with van der Waals surface area (Å²) in [6.07, 6.45) is 2.27. The van der Waals surface area contributed by atoms with Gasteiger partial charge in [0.1, 0.15) is 0 Å². The monoisotopic (exact) mass is 277 g/mol. The Kier molecular flexibility index (Phi) is 8.47. The van der Waals surface area contributed by atoms with Gasteiger partial charge in [-0.25, -0.2) is 0 Å². The fourth-order valence-electron chi connectivity index (χ4n) is 1.71. The van der Waals surface area contributed by atoms with E-state index >= 15 is 0 Å². The second-order valence-electron chi connectivity index (χ2n) is 5.11. The van der Waals surface area contributed by atoms with Crippen LogP contribution >= 0.6 is 0 Å². The van der Waals surface area contributed by atoms with Crippen LogP contribution in [0.4, 0.5) is 0 Å². The molecule has 1 aromatic carbocycles. The summed E-state index contributed by atoms with van der Waals surface area (Å²) in [4.78, 5) is 4.32. The maximum atomic E-state index is 5.78. The van der Waals surface area contributed by atoms with Gasteiger partial charge in [-0.1, -0.05) is 50.6 Å². The van der Waals surface area contributed by atoms with E-state index in [2.05, 4.69) is 36.3 Å². The molecule has 4 heteroatoms. The number of unbranched alkanes of at least 4 members (excludes halogenated alkanes) is 1. The van der Waals surface area contributed by atoms with E-state index in [4.69, 9.17) is 10.5 Å². The van der Waals surface area contributed by atoms with Crippen molar-refractivity contribution in [2.45, 2.75) is 33.3 Å². The van der Waals surface area contributed by atoms with Crippen LogP contribution in [-0.4, -0.2) is 25.7 Å². The number of aliphatic imine (C=N–C) groups is 1. The Bertz CT molecular complexity index is 379. The van der Waals surface area contributed by atoms with Crippen LogP contribution in [-0.2, 0) is 11.3 Å². The third kappa shape index (κ3) is 7.79. The summed E-state index contributed by atoms with van der Waals surface area (Å²) in [5, 5.41) is 3.11. The second kappa shape index (κ2) is 10.3. The van der Waals surface area contributed by atoms with Crippen molar-refractivity contribution in [3.8, 4) is 0 Å². The highest BCUT2D eigenvalue weighted by Gasteiger charge is 2.02. The number of benzene rings is 1. The number of rotatable bonds is 9. The van der Waals surface area contributed by atoms with E-state index in [0.717, 1.165) is 19.4 Å². The Balaban J connectivity index is 2.13. The van der Waals surface area contributed by atoms with E-state index in [1.807, 2.05) is 18.2 Å². The largest absolute Gasteiger partial charge is 0.376 e. The molecule has 1 atom stereocenters. The zero-order valence-electron chi connectivity index (χ0n) is 12.6. The summed E-state index contributed by atoms with van der Waals surface area (Å²) in [6.45, 7) is 7.21. The lowest BCUT2D eigenvalue weighted by Crippen LogP contribution is -2.33. The second-order valence-corrected chi connectivity index (χ2v) is 5.11. The van der Waals surface area contributed by atoms with Crippen LogP contribution in [0.1, 0.15) is 32.3 Å². The van der Waals surface area contributed by atoms with Crippen LogP contribution < -0.4 is 11.1 Å². The Labute approximate surface area is 122 Å². The van der Waals surface area contributed by atoms with Gasteiger partial charge in [-0.3, -0.25) is 4.99 Å². The molecule has 1 rings (SSSR count). The molecule has 0 aromatic heterocycles. The van der Waals surface area contributed by atoms with Crippen molar-refractivity contribution in [3.05, 3.63) is 35.9 Å². The van der Waals surface area contributed by atoms with Crippen LogP contribution in [0.25, 0.3) is 0 Å². The SMILES string of the molecule is CCCCNC(N)=NCC(C)COCc1ccccc1. The van der Waals surface area contributed by atoms with Gasteiger partial charge in [0, 0.05) is 13.1 Å². The van der Waals surface area contributed by atoms with Crippen LogP contribution in [0.3, 0.4) is 0 Å². The Morgan fingerprint density at radius 2 is 2.10 bits per heavy atom. The summed E-state index contributed by atoms with van der Waals surface area (Å²) < 4.78 is 5.68. The van der Waals surface area contributed by atoms with Crippen LogP contribution in [0.15, 0.2) is 35.3 Å². The van der Waals surface area contributed by atoms with E-state index in [-0.39, 0.29) is 0 Å². The van der Waals surface area contributed by atoms with E-state index in [1.165, 1.54) is 5.56 Å². The van der Waals surface area contributed by atoms with E-state index in [1.54, 1.807) is 0 Å². The average Bonchev–Trinajstić information content (AvgIpc) is 2.46. The maximum Gasteiger partial charge on any atom is 0.188 e. The smallest absolute Gasteiger partial charge is 0.188 e. The van der Waals surface area contributed by atoms with Gasteiger partial charge in [-0.05, 0) is 17.9 Å². The van der Waals surface area contributed by atoms with Crippen LogP contribution in [0.5, 0.6) is 0 Å². The van der Waals surface area contributed by atoms with Gasteiger partial charge < -0.3 is 15.8 Å². The molecule has 0 aliphatic carbocycles. The minimum atomic E-state index is 0.366. The fourth-order valence-corrected chi connectivity index (χ4v) is 1.71. The first kappa shape index (κ1) is 16.5. The molecular weight excluding hydrogens is 250 g/mol. The molecule has 1 aromatic rings. The predicted octanol–water partition coefficient (Wildman–Crippen LogP) is 2.54. The summed E-state index contributed by atoms with van der Waals surface area (Å²) >= 11 is 0. The topological polar surface area (TPSA) is 59.6 Å². The van der Waals surface area contributed by atoms with Gasteiger partial charge >= 0.3 is 0 Å². The minimum absolute atomic E-state index is 0.366. The average molecular weight is 277 g/mol. The molecule has 0 bridgehead atoms. The summed E-state index contributed by atoms with van der Waals surface area (Å²) in [5.41, 5.74) is 6.98. The van der Waals surface area contributed by atoms with Crippen LogP contribution in [0.2, 0.25) is 0 Å². The zero-order chi connectivity index (χ0) is 14.6. The number of nitrogens with zero attached hydrogens (tertiary/aromatic N) is 1. The van der Waals surface area contributed by atoms with Crippen molar-refractivity contribution in [1.82, 2.24) is 5.32 Å². The highest BCUT2D eigenvalue weighted by atomic mass is 16.5. The molecule has 0 spiro atoms. The molecule has 3 N–H and O–H groups in total. The highest BCUT2D eigenvalue weighted by Crippen LogP contribution is 2.03. The lowest BCUT2D eigenvalue weighted by molar-refractivity contribution is 0.0945. The molecule has 0 saturated heterocycles. The molecule has 0 saturated carbocycles. The number of ether oxygens (including phenoxy) is 1. The molecule has 0 aliphatic heterocycles. The molecule has 0 radical (unpaired) electrons. The van der Waals surface area contributed by atoms with Crippen molar-refractivity contribution >= 4 is 5.96 Å². The maximum absolute atomic E-state index is 5.78. The predicted molar refractivity (Wildman–Crippen MR) is 84.7 cm³/mol. The molecule has 1 unspecified atom stereocenters. The minimum Gasteiger partial charge on any atom is -0.376 e. The van der Waals surface area contributed by atoms with Crippen molar-refractivity contribution in [1.29, 1.82) is 0 Å². The quantitative estimate of drug-likeness (QED) is 0.414. The number of guanidine groups is 1. The number of hydrogen-bond donors (Lipinski definition) is 2. The van der Waals surface area contributed by atoms with E-state index in [9.17, 15) is 0 Å². The van der Waals surface area contributed by atoms with E-state index in [0.29, 0.717) is 31.6 Å². The third-order valence-electron chi connectivity index (χ3n) is 2.92. The zero-order valence-corrected chi connectivity index (χ0v) is 12.6. The van der Waals surface area contributed by atoms with Gasteiger partial charge in [0.05, 0.1) is 13.2 Å². The first-order valence-electron chi connectivity index (χ1n) is 7.37. The van der Waals surface area contributed by atoms with Crippen LogP contribution in [0, 0.1) is 5.92 Å². The highest BCUT2D eigenvalue weighted by molar-refractivity contribution is 5.77. The van der Waals surface area contributed by atoms with Gasteiger partial charge in [0.15, 0.2) is 5.96 Å². The van der Waals surface area contributed by atoms with E-state index < -0.39 is 0 Å². The van der Waals surface area contributed by atoms with Crippen molar-refractivity contribution < 1.29 is 4.74 Å². The first-order valence-corrected chi connectivity index (χ1v) is 7.37. The number of hydrogen-bond acceptors (Lipinski definition) is 2. The summed E-state index contributed by atoms with van der Waals surface area (Å²) in [6, 6.07) is 10.2. The first-order chi connectivity index (χ1) is 9.72. The Hall–Kier alpha value is -1.55. The molecule has 20 heavy (non-hydrogen) atoms. The number of nitrogens with two attached hydrogens (primary N) is 1. The van der Waals surface area contributed by atoms with Gasteiger partial charge in [0.25, 0.3) is 0 Å². The van der Waals surface area contributed by atoms with Crippen molar-refractivity contribution in [2.24, 2.45) is 16.6 Å². The number of nitrogens with one attached hydrogen (secondary N) is 1. The van der Waals surface area contributed by atoms with Crippen molar-refractivity contribution in [2.75, 3.05) is 19.7 Å². The van der Waals surface area contributed by atoms with Gasteiger partial charge in [-0.15, -0.1) is 0 Å². The molecule has 112 valence electrons. The summed E-state index contributed by atoms with van der Waals surface area (Å²) in [7, 11) is 0. The standard InChI is InChI=1S/C16H27N3O/c1-3-4-10-18-16(17)19-11-14(2)12-20-13-15-8-6-5-7-9-15/h5-9,14H,3-4,10-13H2,1-2H3,(H3,17,18,19). The normalized spacial score (nSPS) is 13.2. The lowest BCUT2D eigenvalue weighted by Gasteiger charge is -2.11. The third-order valence-corrected chi connectivity index (χ3v) is 2.92. The molecule has 0 aliphatic rings. The molecule has 0 amide bonds. The Morgan fingerprint density at radius 3 is 2.80 bits per heavy atom. The summed E-state index contributed by atoms with van der Waals surface area (Å²) in [5.74, 6) is 0.901. The fraction of sp³-hybridized carbons (Fsp3) is 0.562. The lowest BCUT2D eigenvalue weighted by atomic mass is 10.2. The Morgan fingerprint density at radius 1 is 1.35 bits per heavy atom. The van der Waals surface area contributed by atoms with Gasteiger partial charge in [0.2, 0.25) is 0 Å².